The van der Waals surface area contributed by atoms with Crippen molar-refractivity contribution in [3.63, 3.8) is 0 Å². The number of benzene rings is 1. The molecule has 0 amide bonds. The Morgan fingerprint density at radius 2 is 1.94 bits per heavy atom. The molecule has 3 nitrogen and oxygen atoms in total. The summed E-state index contributed by atoms with van der Waals surface area (Å²) in [6.45, 7) is 0. The molecule has 1 aromatic carbocycles. The molecule has 0 heterocycles. The lowest BCUT2D eigenvalue weighted by molar-refractivity contribution is 0.131. The Labute approximate surface area is 95.6 Å². The standard InChI is InChI=1S/C13H16O3/c1-14-9-7-11-10(13(8-9)16-3)5-4-6-12(11)15-2/h4-6,8,13H,7H2,1-3H3. The van der Waals surface area contributed by atoms with Crippen molar-refractivity contribution >= 4 is 0 Å². The first-order chi connectivity index (χ1) is 7.80. The summed E-state index contributed by atoms with van der Waals surface area (Å²) < 4.78 is 16.1. The van der Waals surface area contributed by atoms with E-state index in [1.807, 2.05) is 18.2 Å². The normalized spacial score (nSPS) is 18.7. The highest BCUT2D eigenvalue weighted by atomic mass is 16.5. The monoisotopic (exact) mass is 220 g/mol. The van der Waals surface area contributed by atoms with Gasteiger partial charge >= 0.3 is 0 Å². The van der Waals surface area contributed by atoms with Gasteiger partial charge in [0, 0.05) is 19.1 Å². The van der Waals surface area contributed by atoms with E-state index in [4.69, 9.17) is 14.2 Å². The van der Waals surface area contributed by atoms with Crippen LogP contribution in [0.3, 0.4) is 0 Å². The Kier molecular flexibility index (Phi) is 3.15. The molecule has 0 saturated carbocycles. The maximum absolute atomic E-state index is 5.44. The molecule has 1 aliphatic carbocycles. The summed E-state index contributed by atoms with van der Waals surface area (Å²) in [4.78, 5) is 0. The maximum atomic E-state index is 5.44. The average molecular weight is 220 g/mol. The zero-order valence-corrected chi connectivity index (χ0v) is 9.82. The summed E-state index contributed by atoms with van der Waals surface area (Å²) in [5.74, 6) is 1.81. The van der Waals surface area contributed by atoms with Crippen molar-refractivity contribution in [2.45, 2.75) is 12.5 Å². The number of hydrogen-bond acceptors (Lipinski definition) is 3. The van der Waals surface area contributed by atoms with Gasteiger partial charge in [0.15, 0.2) is 0 Å². The summed E-state index contributed by atoms with van der Waals surface area (Å²) in [7, 11) is 5.06. The van der Waals surface area contributed by atoms with Crippen LogP contribution in [0.15, 0.2) is 30.0 Å². The number of ether oxygens (including phenoxy) is 3. The van der Waals surface area contributed by atoms with Crippen LogP contribution in [0.25, 0.3) is 0 Å². The third-order valence-electron chi connectivity index (χ3n) is 2.90. The number of hydrogen-bond donors (Lipinski definition) is 0. The minimum Gasteiger partial charge on any atom is -0.501 e. The van der Waals surface area contributed by atoms with Crippen LogP contribution in [0.4, 0.5) is 0 Å². The van der Waals surface area contributed by atoms with Gasteiger partial charge in [0.1, 0.15) is 11.9 Å². The lowest BCUT2D eigenvalue weighted by Crippen LogP contribution is -2.12. The van der Waals surface area contributed by atoms with Crippen LogP contribution in [0.2, 0.25) is 0 Å². The fraction of sp³-hybridized carbons (Fsp3) is 0.385. The quantitative estimate of drug-likeness (QED) is 0.783. The van der Waals surface area contributed by atoms with Crippen molar-refractivity contribution in [1.29, 1.82) is 0 Å². The fourth-order valence-corrected chi connectivity index (χ4v) is 2.06. The second-order valence-electron chi connectivity index (χ2n) is 3.70. The third kappa shape index (κ3) is 1.78. The maximum Gasteiger partial charge on any atom is 0.122 e. The number of allylic oxidation sites excluding steroid dienone is 1. The molecule has 0 radical (unpaired) electrons. The molecule has 1 aliphatic rings. The number of rotatable bonds is 3. The Hall–Kier alpha value is -1.48. The highest BCUT2D eigenvalue weighted by Gasteiger charge is 2.23. The van der Waals surface area contributed by atoms with E-state index < -0.39 is 0 Å². The van der Waals surface area contributed by atoms with Gasteiger partial charge < -0.3 is 14.2 Å². The molecule has 0 N–H and O–H groups in total. The van der Waals surface area contributed by atoms with Crippen molar-refractivity contribution in [3.05, 3.63) is 41.2 Å². The topological polar surface area (TPSA) is 27.7 Å². The smallest absolute Gasteiger partial charge is 0.122 e. The van der Waals surface area contributed by atoms with E-state index in [1.165, 1.54) is 0 Å². The average Bonchev–Trinajstić information content (AvgIpc) is 2.36. The first-order valence-electron chi connectivity index (χ1n) is 5.23. The highest BCUT2D eigenvalue weighted by molar-refractivity contribution is 5.47. The van der Waals surface area contributed by atoms with Crippen LogP contribution in [0.5, 0.6) is 5.75 Å². The van der Waals surface area contributed by atoms with E-state index in [0.717, 1.165) is 29.1 Å². The van der Waals surface area contributed by atoms with E-state index in [0.29, 0.717) is 0 Å². The molecule has 16 heavy (non-hydrogen) atoms. The molecule has 86 valence electrons. The summed E-state index contributed by atoms with van der Waals surface area (Å²) in [5.41, 5.74) is 2.30. The molecule has 1 atom stereocenters. The molecule has 1 aromatic rings. The molecule has 0 bridgehead atoms. The molecule has 0 fully saturated rings. The van der Waals surface area contributed by atoms with E-state index in [2.05, 4.69) is 6.07 Å². The van der Waals surface area contributed by atoms with Gasteiger partial charge in [-0.1, -0.05) is 12.1 Å². The van der Waals surface area contributed by atoms with Crippen molar-refractivity contribution in [3.8, 4) is 5.75 Å². The van der Waals surface area contributed by atoms with Gasteiger partial charge in [-0.05, 0) is 17.7 Å². The molecule has 1 unspecified atom stereocenters. The van der Waals surface area contributed by atoms with Gasteiger partial charge in [-0.3, -0.25) is 0 Å². The van der Waals surface area contributed by atoms with Crippen LogP contribution in [0, 0.1) is 0 Å². The summed E-state index contributed by atoms with van der Waals surface area (Å²) >= 11 is 0. The Morgan fingerprint density at radius 3 is 2.56 bits per heavy atom. The second-order valence-corrected chi connectivity index (χ2v) is 3.70. The molecule has 0 spiro atoms. The van der Waals surface area contributed by atoms with E-state index in [-0.39, 0.29) is 6.10 Å². The Morgan fingerprint density at radius 1 is 1.12 bits per heavy atom. The van der Waals surface area contributed by atoms with Gasteiger partial charge in [-0.15, -0.1) is 0 Å². The first-order valence-corrected chi connectivity index (χ1v) is 5.23. The molecule has 0 aromatic heterocycles. The lowest BCUT2D eigenvalue weighted by Gasteiger charge is -2.24. The van der Waals surface area contributed by atoms with Gasteiger partial charge in [0.2, 0.25) is 0 Å². The molecule has 0 saturated heterocycles. The second kappa shape index (κ2) is 4.58. The highest BCUT2D eigenvalue weighted by Crippen LogP contribution is 2.35. The number of methoxy groups -OCH3 is 3. The predicted octanol–water partition coefficient (Wildman–Crippen LogP) is 2.47. The van der Waals surface area contributed by atoms with Crippen LogP contribution >= 0.6 is 0 Å². The molecular formula is C13H16O3. The van der Waals surface area contributed by atoms with Crippen molar-refractivity contribution < 1.29 is 14.2 Å². The minimum atomic E-state index is -0.0474. The van der Waals surface area contributed by atoms with E-state index in [9.17, 15) is 0 Å². The van der Waals surface area contributed by atoms with Crippen LogP contribution in [0.1, 0.15) is 17.2 Å². The van der Waals surface area contributed by atoms with Gasteiger partial charge in [-0.2, -0.15) is 0 Å². The molecule has 2 rings (SSSR count). The fourth-order valence-electron chi connectivity index (χ4n) is 2.06. The summed E-state index contributed by atoms with van der Waals surface area (Å²) in [6, 6.07) is 6.01. The van der Waals surface area contributed by atoms with E-state index >= 15 is 0 Å². The summed E-state index contributed by atoms with van der Waals surface area (Å²) in [5, 5.41) is 0. The molecule has 3 heteroatoms. The van der Waals surface area contributed by atoms with Crippen LogP contribution < -0.4 is 4.74 Å². The third-order valence-corrected chi connectivity index (χ3v) is 2.90. The van der Waals surface area contributed by atoms with Gasteiger partial charge in [0.05, 0.1) is 20.0 Å². The van der Waals surface area contributed by atoms with Gasteiger partial charge in [0.25, 0.3) is 0 Å². The Bertz CT molecular complexity index is 410. The van der Waals surface area contributed by atoms with Crippen molar-refractivity contribution in [2.75, 3.05) is 21.3 Å². The SMILES string of the molecule is COC1=CC(OC)c2cccc(OC)c2C1. The zero-order valence-electron chi connectivity index (χ0n) is 9.82. The van der Waals surface area contributed by atoms with E-state index in [1.54, 1.807) is 21.3 Å². The zero-order chi connectivity index (χ0) is 11.5. The van der Waals surface area contributed by atoms with Crippen molar-refractivity contribution in [1.82, 2.24) is 0 Å². The molecule has 0 aliphatic heterocycles. The van der Waals surface area contributed by atoms with Crippen LogP contribution in [-0.2, 0) is 15.9 Å². The Balaban J connectivity index is 2.47. The lowest BCUT2D eigenvalue weighted by atomic mass is 9.92. The van der Waals surface area contributed by atoms with Crippen molar-refractivity contribution in [2.24, 2.45) is 0 Å². The largest absolute Gasteiger partial charge is 0.501 e. The minimum absolute atomic E-state index is 0.0474. The first kappa shape index (κ1) is 11.0. The summed E-state index contributed by atoms with van der Waals surface area (Å²) in [6.07, 6.45) is 2.71. The molecular weight excluding hydrogens is 204 g/mol. The van der Waals surface area contributed by atoms with Crippen LogP contribution in [-0.4, -0.2) is 21.3 Å². The van der Waals surface area contributed by atoms with Gasteiger partial charge in [-0.25, -0.2) is 0 Å². The number of fused-ring (bicyclic) bond motifs is 1. The predicted molar refractivity (Wildman–Crippen MR) is 61.5 cm³/mol.